The molecule has 0 aliphatic carbocycles. The molecule has 0 saturated carbocycles. The highest BCUT2D eigenvalue weighted by Gasteiger charge is 2.36. The van der Waals surface area contributed by atoms with Crippen molar-refractivity contribution < 1.29 is 27.1 Å². The van der Waals surface area contributed by atoms with Gasteiger partial charge in [-0.3, -0.25) is 0 Å². The zero-order valence-electron chi connectivity index (χ0n) is 7.52. The number of rotatable bonds is 2. The number of aliphatic hydroxyl groups is 1. The summed E-state index contributed by atoms with van der Waals surface area (Å²) < 4.78 is 62.1. The fourth-order valence-corrected chi connectivity index (χ4v) is 1.73. The molecule has 2 nitrogen and oxygen atoms in total. The molecule has 0 atom stereocenters. The molecule has 0 bridgehead atoms. The molecule has 0 fully saturated rings. The zero-order chi connectivity index (χ0) is 12.5. The van der Waals surface area contributed by atoms with Crippen LogP contribution >= 0.6 is 22.6 Å². The van der Waals surface area contributed by atoms with Crippen molar-refractivity contribution in [3.8, 4) is 0 Å². The fraction of sp³-hybridized carbons (Fsp3) is 0.375. The molecular formula is C8H5F5INO. The van der Waals surface area contributed by atoms with Gasteiger partial charge >= 0.3 is 6.18 Å². The van der Waals surface area contributed by atoms with E-state index in [1.165, 1.54) is 22.6 Å². The number of pyridine rings is 1. The minimum atomic E-state index is -4.79. The first-order valence-corrected chi connectivity index (χ1v) is 5.00. The molecular weight excluding hydrogens is 348 g/mol. The summed E-state index contributed by atoms with van der Waals surface area (Å²) in [6.45, 7) is -1.13. The van der Waals surface area contributed by atoms with Crippen LogP contribution in [-0.4, -0.2) is 10.1 Å². The van der Waals surface area contributed by atoms with Crippen LogP contribution in [0.3, 0.4) is 0 Å². The zero-order valence-corrected chi connectivity index (χ0v) is 9.68. The number of alkyl halides is 5. The third-order valence-corrected chi connectivity index (χ3v) is 2.35. The molecule has 0 aromatic carbocycles. The van der Waals surface area contributed by atoms with Gasteiger partial charge in [0, 0.05) is 5.56 Å². The summed E-state index contributed by atoms with van der Waals surface area (Å²) in [5.41, 5.74) is -3.17. The van der Waals surface area contributed by atoms with Crippen molar-refractivity contribution in [3.05, 3.63) is 26.6 Å². The number of aromatic nitrogens is 1. The van der Waals surface area contributed by atoms with Gasteiger partial charge in [0.1, 0.15) is 9.39 Å². The van der Waals surface area contributed by atoms with Gasteiger partial charge in [-0.2, -0.15) is 13.2 Å². The van der Waals surface area contributed by atoms with Crippen LogP contribution in [0.2, 0.25) is 0 Å². The van der Waals surface area contributed by atoms with E-state index in [1.54, 1.807) is 0 Å². The molecule has 0 unspecified atom stereocenters. The largest absolute Gasteiger partial charge is 0.416 e. The van der Waals surface area contributed by atoms with Crippen molar-refractivity contribution in [2.24, 2.45) is 0 Å². The molecule has 0 radical (unpaired) electrons. The van der Waals surface area contributed by atoms with E-state index in [4.69, 9.17) is 5.11 Å². The molecule has 1 heterocycles. The van der Waals surface area contributed by atoms with Crippen LogP contribution in [0, 0.1) is 3.70 Å². The van der Waals surface area contributed by atoms with Crippen LogP contribution in [0.4, 0.5) is 22.0 Å². The topological polar surface area (TPSA) is 33.1 Å². The number of hydrogen-bond donors (Lipinski definition) is 1. The summed E-state index contributed by atoms with van der Waals surface area (Å²) >= 11 is 1.41. The first-order valence-electron chi connectivity index (χ1n) is 3.93. The Kier molecular flexibility index (Phi) is 4.05. The van der Waals surface area contributed by atoms with Crippen LogP contribution < -0.4 is 0 Å². The minimum absolute atomic E-state index is 0.197. The van der Waals surface area contributed by atoms with Crippen LogP contribution in [0.5, 0.6) is 0 Å². The lowest BCUT2D eigenvalue weighted by atomic mass is 10.1. The number of hydrogen-bond acceptors (Lipinski definition) is 2. The monoisotopic (exact) mass is 353 g/mol. The van der Waals surface area contributed by atoms with Crippen molar-refractivity contribution >= 4 is 22.6 Å². The van der Waals surface area contributed by atoms with Crippen molar-refractivity contribution in [2.75, 3.05) is 0 Å². The summed E-state index contributed by atoms with van der Waals surface area (Å²) in [7, 11) is 0. The van der Waals surface area contributed by atoms with Crippen molar-refractivity contribution in [3.63, 3.8) is 0 Å². The van der Waals surface area contributed by atoms with Gasteiger partial charge in [-0.25, -0.2) is 13.8 Å². The van der Waals surface area contributed by atoms with Crippen molar-refractivity contribution in [1.82, 2.24) is 4.98 Å². The van der Waals surface area contributed by atoms with E-state index in [1.807, 2.05) is 0 Å². The molecule has 1 N–H and O–H groups in total. The Morgan fingerprint density at radius 3 is 2.31 bits per heavy atom. The lowest BCUT2D eigenvalue weighted by Gasteiger charge is -2.14. The van der Waals surface area contributed by atoms with E-state index in [0.717, 1.165) is 0 Å². The number of aliphatic hydroxyl groups excluding tert-OH is 1. The van der Waals surface area contributed by atoms with Crippen LogP contribution in [-0.2, 0) is 12.8 Å². The molecule has 16 heavy (non-hydrogen) atoms. The molecule has 0 aliphatic heterocycles. The highest BCUT2D eigenvalue weighted by molar-refractivity contribution is 14.1. The Hall–Kier alpha value is -0.510. The molecule has 0 aliphatic rings. The van der Waals surface area contributed by atoms with Gasteiger partial charge in [-0.15, -0.1) is 0 Å². The number of nitrogens with zero attached hydrogens (tertiary/aromatic N) is 1. The molecule has 1 rings (SSSR count). The van der Waals surface area contributed by atoms with Gasteiger partial charge < -0.3 is 5.11 Å². The normalized spacial score (nSPS) is 12.2. The first kappa shape index (κ1) is 13.6. The van der Waals surface area contributed by atoms with Gasteiger partial charge in [-0.1, -0.05) is 0 Å². The average molecular weight is 353 g/mol. The Balaban J connectivity index is 3.49. The lowest BCUT2D eigenvalue weighted by Crippen LogP contribution is -2.14. The molecule has 0 saturated heterocycles. The van der Waals surface area contributed by atoms with Crippen LogP contribution in [0.25, 0.3) is 0 Å². The SMILES string of the molecule is OCc1c(C(F)(F)F)cc(I)nc1C(F)F. The molecule has 0 spiro atoms. The fourth-order valence-electron chi connectivity index (χ4n) is 1.16. The highest BCUT2D eigenvalue weighted by Crippen LogP contribution is 2.36. The second-order valence-electron chi connectivity index (χ2n) is 2.81. The van der Waals surface area contributed by atoms with Gasteiger partial charge in [0.2, 0.25) is 0 Å². The summed E-state index contributed by atoms with van der Waals surface area (Å²) in [6, 6.07) is 0.623. The first-order chi connectivity index (χ1) is 7.27. The maximum Gasteiger partial charge on any atom is 0.416 e. The molecule has 0 amide bonds. The Labute approximate surface area is 101 Å². The average Bonchev–Trinajstić information content (AvgIpc) is 2.14. The van der Waals surface area contributed by atoms with Crippen LogP contribution in [0.15, 0.2) is 6.07 Å². The van der Waals surface area contributed by atoms with E-state index >= 15 is 0 Å². The predicted octanol–water partition coefficient (Wildman–Crippen LogP) is 3.13. The molecule has 1 aromatic heterocycles. The molecule has 1 aromatic rings. The Bertz CT molecular complexity index is 393. The standard InChI is InChI=1S/C8H5F5INO/c9-7(10)6-3(2-16)4(8(11,12)13)1-5(14)15-6/h1,7,16H,2H2. The van der Waals surface area contributed by atoms with Crippen molar-refractivity contribution in [2.45, 2.75) is 19.2 Å². The second kappa shape index (κ2) is 4.78. The quantitative estimate of drug-likeness (QED) is 0.504. The van der Waals surface area contributed by atoms with E-state index in [2.05, 4.69) is 4.98 Å². The Morgan fingerprint density at radius 2 is 1.94 bits per heavy atom. The highest BCUT2D eigenvalue weighted by atomic mass is 127. The summed E-state index contributed by atoms with van der Waals surface area (Å²) in [5, 5.41) is 8.73. The van der Waals surface area contributed by atoms with E-state index in [0.29, 0.717) is 6.07 Å². The maximum absolute atomic E-state index is 12.5. The third kappa shape index (κ3) is 2.78. The van der Waals surface area contributed by atoms with Crippen LogP contribution in [0.1, 0.15) is 23.2 Å². The predicted molar refractivity (Wildman–Crippen MR) is 52.8 cm³/mol. The van der Waals surface area contributed by atoms with E-state index in [9.17, 15) is 22.0 Å². The Morgan fingerprint density at radius 1 is 1.38 bits per heavy atom. The number of halogens is 6. The van der Waals surface area contributed by atoms with Gasteiger partial charge in [0.15, 0.2) is 0 Å². The third-order valence-electron chi connectivity index (χ3n) is 1.80. The van der Waals surface area contributed by atoms with Crippen molar-refractivity contribution in [1.29, 1.82) is 0 Å². The molecule has 8 heteroatoms. The summed E-state index contributed by atoms with van der Waals surface area (Å²) in [4.78, 5) is 3.29. The second-order valence-corrected chi connectivity index (χ2v) is 3.92. The van der Waals surface area contributed by atoms with E-state index in [-0.39, 0.29) is 3.70 Å². The smallest absolute Gasteiger partial charge is 0.392 e. The van der Waals surface area contributed by atoms with Gasteiger partial charge in [-0.05, 0) is 28.7 Å². The summed E-state index contributed by atoms with van der Waals surface area (Å²) in [6.07, 6.45) is -7.94. The maximum atomic E-state index is 12.5. The summed E-state index contributed by atoms with van der Waals surface area (Å²) in [5.74, 6) is 0. The molecule has 90 valence electrons. The minimum Gasteiger partial charge on any atom is -0.392 e. The van der Waals surface area contributed by atoms with Gasteiger partial charge in [0.05, 0.1) is 12.2 Å². The van der Waals surface area contributed by atoms with E-state index < -0.39 is 36.0 Å². The lowest BCUT2D eigenvalue weighted by molar-refractivity contribution is -0.139. The van der Waals surface area contributed by atoms with Gasteiger partial charge in [0.25, 0.3) is 6.43 Å².